The van der Waals surface area contributed by atoms with Crippen LogP contribution in [0, 0.1) is 0 Å². The summed E-state index contributed by atoms with van der Waals surface area (Å²) < 4.78 is 0. The molecule has 1 nitrogen and oxygen atoms in total. The lowest BCUT2D eigenvalue weighted by Crippen LogP contribution is -2.23. The molecule has 7 aromatic rings. The largest absolute Gasteiger partial charge is 0.311 e. The number of benzene rings is 7. The second-order valence-corrected chi connectivity index (χ2v) is 15.0. The van der Waals surface area contributed by atoms with Crippen LogP contribution in [0.1, 0.15) is 75.6 Å². The summed E-state index contributed by atoms with van der Waals surface area (Å²) in [6.45, 7) is 9.47. The molecule has 0 aliphatic heterocycles. The number of rotatable bonds is 9. The highest BCUT2D eigenvalue weighted by atomic mass is 15.1. The first-order valence-electron chi connectivity index (χ1n) is 19.6. The Kier molecular flexibility index (Phi) is 8.19. The van der Waals surface area contributed by atoms with Crippen LogP contribution in [0.25, 0.3) is 44.5 Å². The van der Waals surface area contributed by atoms with Crippen molar-refractivity contribution in [3.05, 3.63) is 186 Å². The van der Waals surface area contributed by atoms with Crippen molar-refractivity contribution >= 4 is 17.1 Å². The van der Waals surface area contributed by atoms with E-state index in [0.717, 1.165) is 42.7 Å². The maximum Gasteiger partial charge on any atom is 0.0462 e. The Morgan fingerprint density at radius 1 is 0.321 bits per heavy atom. The van der Waals surface area contributed by atoms with Gasteiger partial charge in [0.25, 0.3) is 0 Å². The third-order valence-electron chi connectivity index (χ3n) is 12.9. The summed E-state index contributed by atoms with van der Waals surface area (Å²) in [6.07, 6.45) is 4.34. The zero-order chi connectivity index (χ0) is 36.2. The summed E-state index contributed by atoms with van der Waals surface area (Å²) in [6, 6.07) is 61.2. The normalized spacial score (nSPS) is 14.3. The molecular formula is C52H47N. The molecule has 0 saturated carbocycles. The fourth-order valence-corrected chi connectivity index (χ4v) is 9.92. The van der Waals surface area contributed by atoms with Gasteiger partial charge in [-0.15, -0.1) is 0 Å². The lowest BCUT2D eigenvalue weighted by Gasteiger charge is -2.31. The molecule has 0 saturated heterocycles. The summed E-state index contributed by atoms with van der Waals surface area (Å²) in [7, 11) is 0. The van der Waals surface area contributed by atoms with E-state index in [1.165, 1.54) is 66.8 Å². The van der Waals surface area contributed by atoms with Crippen molar-refractivity contribution in [1.82, 2.24) is 0 Å². The molecule has 7 aromatic carbocycles. The fourth-order valence-electron chi connectivity index (χ4n) is 9.92. The first-order valence-corrected chi connectivity index (χ1v) is 19.6. The summed E-state index contributed by atoms with van der Waals surface area (Å²) in [4.78, 5) is 2.32. The number of hydrogen-bond donors (Lipinski definition) is 0. The Balaban J connectivity index is 1.08. The predicted molar refractivity (Wildman–Crippen MR) is 226 cm³/mol. The van der Waals surface area contributed by atoms with Gasteiger partial charge in [0.1, 0.15) is 0 Å². The minimum absolute atomic E-state index is 0.0302. The average Bonchev–Trinajstić information content (AvgIpc) is 3.68. The Labute approximate surface area is 315 Å². The Hall–Kier alpha value is -5.66. The number of hydrogen-bond acceptors (Lipinski definition) is 1. The van der Waals surface area contributed by atoms with Crippen LogP contribution < -0.4 is 4.90 Å². The molecule has 0 N–H and O–H groups in total. The van der Waals surface area contributed by atoms with Crippen LogP contribution in [-0.2, 0) is 10.8 Å². The number of nitrogens with zero attached hydrogens (tertiary/aromatic N) is 1. The molecule has 260 valence electrons. The lowest BCUT2D eigenvalue weighted by molar-refractivity contribution is 0.490. The predicted octanol–water partition coefficient (Wildman–Crippen LogP) is 14.7. The minimum atomic E-state index is -0.0302. The molecule has 0 fully saturated rings. The summed E-state index contributed by atoms with van der Waals surface area (Å²) in [5.74, 6) is 0. The van der Waals surface area contributed by atoms with Gasteiger partial charge >= 0.3 is 0 Å². The van der Waals surface area contributed by atoms with Crippen LogP contribution >= 0.6 is 0 Å². The van der Waals surface area contributed by atoms with Crippen molar-refractivity contribution in [2.24, 2.45) is 0 Å². The molecule has 0 bridgehead atoms. The molecule has 0 aromatic heterocycles. The maximum absolute atomic E-state index is 2.53. The van der Waals surface area contributed by atoms with Crippen molar-refractivity contribution in [2.75, 3.05) is 4.90 Å². The monoisotopic (exact) mass is 685 g/mol. The Bertz CT molecular complexity index is 2390. The van der Waals surface area contributed by atoms with E-state index in [2.05, 4.69) is 196 Å². The van der Waals surface area contributed by atoms with E-state index < -0.39 is 0 Å². The van der Waals surface area contributed by atoms with Crippen molar-refractivity contribution in [3.8, 4) is 44.5 Å². The Morgan fingerprint density at radius 3 is 1.11 bits per heavy atom. The second kappa shape index (κ2) is 13.1. The van der Waals surface area contributed by atoms with E-state index in [0.29, 0.717) is 0 Å². The molecule has 0 heterocycles. The standard InChI is InChI=1S/C52H47N/c1-5-51(6-2)47-22-16-15-21-43(47)44-31-26-38(34-48(44)51)39-27-32-46-45-30-25-37(33-49(45)52(7-3,8-4)50(46)35-39)36-23-28-42(29-24-36)53(40-17-11-9-12-18-40)41-19-13-10-14-20-41/h9-35H,5-8H2,1-4H3. The van der Waals surface area contributed by atoms with Gasteiger partial charge in [0, 0.05) is 27.9 Å². The lowest BCUT2D eigenvalue weighted by atomic mass is 9.72. The first-order chi connectivity index (χ1) is 26.0. The van der Waals surface area contributed by atoms with Gasteiger partial charge in [-0.1, -0.05) is 137 Å². The van der Waals surface area contributed by atoms with Gasteiger partial charge in [-0.2, -0.15) is 0 Å². The van der Waals surface area contributed by atoms with Crippen molar-refractivity contribution in [3.63, 3.8) is 0 Å². The van der Waals surface area contributed by atoms with Crippen LogP contribution in [0.2, 0.25) is 0 Å². The molecule has 0 unspecified atom stereocenters. The third-order valence-corrected chi connectivity index (χ3v) is 12.9. The van der Waals surface area contributed by atoms with E-state index in [1.807, 2.05) is 0 Å². The Morgan fingerprint density at radius 2 is 0.660 bits per heavy atom. The zero-order valence-corrected chi connectivity index (χ0v) is 31.4. The smallest absolute Gasteiger partial charge is 0.0462 e. The van der Waals surface area contributed by atoms with E-state index in [-0.39, 0.29) is 10.8 Å². The topological polar surface area (TPSA) is 3.24 Å². The molecule has 0 amide bonds. The molecule has 0 spiro atoms. The fraction of sp³-hybridized carbons (Fsp3) is 0.192. The van der Waals surface area contributed by atoms with Gasteiger partial charge in [0.2, 0.25) is 0 Å². The summed E-state index contributed by atoms with van der Waals surface area (Å²) in [5, 5.41) is 0. The van der Waals surface area contributed by atoms with Gasteiger partial charge in [0.15, 0.2) is 0 Å². The molecule has 0 radical (unpaired) electrons. The van der Waals surface area contributed by atoms with Crippen molar-refractivity contribution in [2.45, 2.75) is 64.2 Å². The molecule has 2 aliphatic carbocycles. The van der Waals surface area contributed by atoms with Crippen molar-refractivity contribution < 1.29 is 0 Å². The maximum atomic E-state index is 2.53. The highest BCUT2D eigenvalue weighted by Crippen LogP contribution is 2.56. The quantitative estimate of drug-likeness (QED) is 0.146. The zero-order valence-electron chi connectivity index (χ0n) is 31.4. The van der Waals surface area contributed by atoms with E-state index in [4.69, 9.17) is 0 Å². The SMILES string of the molecule is CCC1(CC)c2ccccc2-c2ccc(-c3ccc4c(c3)C(CC)(CC)c3cc(-c5ccc(N(c6ccccc6)c6ccccc6)cc5)ccc3-4)cc21. The molecule has 0 atom stereocenters. The van der Waals surface area contributed by atoms with Crippen LogP contribution in [0.5, 0.6) is 0 Å². The van der Waals surface area contributed by atoms with Gasteiger partial charge in [-0.05, 0) is 147 Å². The van der Waals surface area contributed by atoms with E-state index >= 15 is 0 Å². The second-order valence-electron chi connectivity index (χ2n) is 15.0. The minimum Gasteiger partial charge on any atom is -0.311 e. The van der Waals surface area contributed by atoms with Crippen LogP contribution in [0.3, 0.4) is 0 Å². The number of fused-ring (bicyclic) bond motifs is 6. The molecule has 1 heteroatoms. The molecule has 2 aliphatic rings. The van der Waals surface area contributed by atoms with Gasteiger partial charge in [-0.3, -0.25) is 0 Å². The average molecular weight is 686 g/mol. The molecular weight excluding hydrogens is 639 g/mol. The summed E-state index contributed by atoms with van der Waals surface area (Å²) in [5.41, 5.74) is 20.2. The van der Waals surface area contributed by atoms with Crippen molar-refractivity contribution in [1.29, 1.82) is 0 Å². The molecule has 53 heavy (non-hydrogen) atoms. The number of anilines is 3. The van der Waals surface area contributed by atoms with E-state index in [1.54, 1.807) is 0 Å². The highest BCUT2D eigenvalue weighted by molar-refractivity contribution is 5.88. The first kappa shape index (κ1) is 33.2. The van der Waals surface area contributed by atoms with Gasteiger partial charge in [-0.25, -0.2) is 0 Å². The third kappa shape index (κ3) is 5.05. The van der Waals surface area contributed by atoms with Gasteiger partial charge in [0.05, 0.1) is 0 Å². The highest BCUT2D eigenvalue weighted by Gasteiger charge is 2.42. The van der Waals surface area contributed by atoms with Gasteiger partial charge < -0.3 is 4.90 Å². The molecule has 9 rings (SSSR count). The number of para-hydroxylation sites is 2. The van der Waals surface area contributed by atoms with Crippen LogP contribution in [-0.4, -0.2) is 0 Å². The summed E-state index contributed by atoms with van der Waals surface area (Å²) >= 11 is 0. The van der Waals surface area contributed by atoms with E-state index in [9.17, 15) is 0 Å². The van der Waals surface area contributed by atoms with Crippen LogP contribution in [0.4, 0.5) is 17.1 Å². The van der Waals surface area contributed by atoms with Crippen LogP contribution in [0.15, 0.2) is 164 Å².